The number of hydrogen-bond donors (Lipinski definition) is 1. The van der Waals surface area contributed by atoms with Gasteiger partial charge in [0.1, 0.15) is 12.2 Å². The first-order valence-corrected chi connectivity index (χ1v) is 15.4. The monoisotopic (exact) mass is 498 g/mol. The summed E-state index contributed by atoms with van der Waals surface area (Å²) in [6.07, 6.45) is 5.16. The van der Waals surface area contributed by atoms with Gasteiger partial charge in [0.25, 0.3) is 5.91 Å². The zero-order chi connectivity index (χ0) is 24.7. The van der Waals surface area contributed by atoms with Gasteiger partial charge in [0, 0.05) is 36.8 Å². The summed E-state index contributed by atoms with van der Waals surface area (Å²) in [5.41, 5.74) is 2.02. The van der Waals surface area contributed by atoms with Gasteiger partial charge in [0.05, 0.1) is 23.5 Å². The molecule has 0 bridgehead atoms. The van der Waals surface area contributed by atoms with Gasteiger partial charge in [-0.15, -0.1) is 0 Å². The van der Waals surface area contributed by atoms with E-state index in [1.54, 1.807) is 23.3 Å². The Labute approximate surface area is 205 Å². The molecule has 1 amide bonds. The molecular formula is C24H31ClN6O2Si. The molecule has 0 saturated carbocycles. The summed E-state index contributed by atoms with van der Waals surface area (Å²) in [5.74, 6) is 0.314. The predicted octanol–water partition coefficient (Wildman–Crippen LogP) is 5.26. The van der Waals surface area contributed by atoms with Crippen molar-refractivity contribution in [3.05, 3.63) is 47.4 Å². The highest BCUT2D eigenvalue weighted by Gasteiger charge is 2.23. The van der Waals surface area contributed by atoms with Crippen molar-refractivity contribution in [1.29, 1.82) is 0 Å². The predicted molar refractivity (Wildman–Crippen MR) is 138 cm³/mol. The van der Waals surface area contributed by atoms with Crippen LogP contribution in [0.4, 0.5) is 0 Å². The largest absolute Gasteiger partial charge is 0.361 e. The normalized spacial score (nSPS) is 12.6. The molecule has 0 spiro atoms. The Bertz CT molecular complexity index is 1350. The molecule has 1 N–H and O–H groups in total. The molecule has 4 aromatic rings. The molecule has 3 heterocycles. The minimum atomic E-state index is -1.20. The molecule has 4 rings (SSSR count). The summed E-state index contributed by atoms with van der Waals surface area (Å²) < 4.78 is 9.48. The molecule has 3 aromatic heterocycles. The van der Waals surface area contributed by atoms with Crippen molar-refractivity contribution in [2.24, 2.45) is 0 Å². The van der Waals surface area contributed by atoms with Crippen molar-refractivity contribution in [1.82, 2.24) is 29.6 Å². The van der Waals surface area contributed by atoms with Gasteiger partial charge in [-0.2, -0.15) is 5.10 Å². The molecule has 180 valence electrons. The number of carbonyl (C=O) groups excluding carboxylic acids is 1. The molecule has 0 radical (unpaired) electrons. The molecule has 0 aliphatic heterocycles. The number of halogens is 1. The lowest BCUT2D eigenvalue weighted by molar-refractivity contribution is 0.0886. The van der Waals surface area contributed by atoms with Crippen molar-refractivity contribution in [3.63, 3.8) is 0 Å². The Morgan fingerprint density at radius 3 is 2.68 bits per heavy atom. The number of fused-ring (bicyclic) bond motifs is 2. The fourth-order valence-corrected chi connectivity index (χ4v) is 4.48. The summed E-state index contributed by atoms with van der Waals surface area (Å²) in [5, 5.41) is 9.03. The van der Waals surface area contributed by atoms with Gasteiger partial charge in [-0.25, -0.2) is 14.6 Å². The average Bonchev–Trinajstić information content (AvgIpc) is 3.30. The first-order chi connectivity index (χ1) is 15.9. The topological polar surface area (TPSA) is 86.9 Å². The number of nitrogens with zero attached hydrogens (tertiary/aromatic N) is 5. The standard InChI is InChI=1S/C24H31ClN6O2Si/c1-24(2,3)29-23(32)18-14-30(15-33-9-10-34(4,5)6)22-21(18)28-20(13-26-22)31-19-8-7-17(25)11-16(19)12-27-31/h7-8,11-14H,9-10,15H2,1-6H3,(H,29,32). The Kier molecular flexibility index (Phi) is 6.54. The first kappa shape index (κ1) is 24.4. The SMILES string of the molecule is CC(C)(C)NC(=O)c1cn(COCC[Si](C)(C)C)c2ncc(-n3ncc4cc(Cl)ccc43)nc12. The number of nitrogens with one attached hydrogen (secondary N) is 1. The smallest absolute Gasteiger partial charge is 0.255 e. The van der Waals surface area contributed by atoms with Crippen molar-refractivity contribution in [3.8, 4) is 5.82 Å². The number of amides is 1. The Morgan fingerprint density at radius 2 is 1.97 bits per heavy atom. The summed E-state index contributed by atoms with van der Waals surface area (Å²) in [6.45, 7) is 13.8. The molecule has 0 fully saturated rings. The Hall–Kier alpha value is -2.75. The van der Waals surface area contributed by atoms with Crippen LogP contribution < -0.4 is 5.32 Å². The van der Waals surface area contributed by atoms with E-state index in [2.05, 4.69) is 35.0 Å². The van der Waals surface area contributed by atoms with Crippen LogP contribution in [0.1, 0.15) is 31.1 Å². The van der Waals surface area contributed by atoms with Crippen LogP contribution in [0.2, 0.25) is 30.7 Å². The lowest BCUT2D eigenvalue weighted by Crippen LogP contribution is -2.40. The van der Waals surface area contributed by atoms with Crippen LogP contribution in [0.3, 0.4) is 0 Å². The Balaban J connectivity index is 1.73. The van der Waals surface area contributed by atoms with Crippen LogP contribution in [0, 0.1) is 0 Å². The van der Waals surface area contributed by atoms with E-state index >= 15 is 0 Å². The molecule has 0 aliphatic rings. The third-order valence-corrected chi connectivity index (χ3v) is 7.20. The minimum Gasteiger partial charge on any atom is -0.361 e. The molecule has 34 heavy (non-hydrogen) atoms. The molecule has 0 unspecified atom stereocenters. The second kappa shape index (κ2) is 9.13. The van der Waals surface area contributed by atoms with E-state index in [0.717, 1.165) is 16.9 Å². The highest BCUT2D eigenvalue weighted by atomic mass is 35.5. The first-order valence-electron chi connectivity index (χ1n) is 11.3. The highest BCUT2D eigenvalue weighted by Crippen LogP contribution is 2.24. The van der Waals surface area contributed by atoms with Gasteiger partial charge in [-0.1, -0.05) is 31.2 Å². The minimum absolute atomic E-state index is 0.207. The summed E-state index contributed by atoms with van der Waals surface area (Å²) in [4.78, 5) is 22.6. The van der Waals surface area contributed by atoms with Crippen LogP contribution in [0.25, 0.3) is 27.9 Å². The second-order valence-corrected chi connectivity index (χ2v) is 16.8. The Morgan fingerprint density at radius 1 is 1.21 bits per heavy atom. The fraction of sp³-hybridized carbons (Fsp3) is 0.417. The van der Waals surface area contributed by atoms with Gasteiger partial charge in [0.15, 0.2) is 11.5 Å². The fourth-order valence-electron chi connectivity index (χ4n) is 3.54. The number of hydrogen-bond acceptors (Lipinski definition) is 5. The zero-order valence-corrected chi connectivity index (χ0v) is 22.3. The zero-order valence-electron chi connectivity index (χ0n) is 20.5. The maximum Gasteiger partial charge on any atom is 0.255 e. The summed E-state index contributed by atoms with van der Waals surface area (Å²) >= 11 is 6.12. The number of carbonyl (C=O) groups is 1. The van der Waals surface area contributed by atoms with Crippen molar-refractivity contribution in [2.75, 3.05) is 6.61 Å². The van der Waals surface area contributed by atoms with Crippen LogP contribution in [-0.4, -0.2) is 50.4 Å². The van der Waals surface area contributed by atoms with E-state index in [-0.39, 0.29) is 11.4 Å². The van der Waals surface area contributed by atoms with E-state index in [1.807, 2.05) is 43.5 Å². The van der Waals surface area contributed by atoms with Gasteiger partial charge in [-0.05, 0) is 45.0 Å². The van der Waals surface area contributed by atoms with Crippen molar-refractivity contribution < 1.29 is 9.53 Å². The lowest BCUT2D eigenvalue weighted by Gasteiger charge is -2.20. The van der Waals surface area contributed by atoms with Gasteiger partial charge < -0.3 is 14.6 Å². The highest BCUT2D eigenvalue weighted by molar-refractivity contribution is 6.76. The van der Waals surface area contributed by atoms with Crippen molar-refractivity contribution in [2.45, 2.75) is 58.7 Å². The average molecular weight is 499 g/mol. The van der Waals surface area contributed by atoms with E-state index in [1.165, 1.54) is 0 Å². The summed E-state index contributed by atoms with van der Waals surface area (Å²) in [6, 6.07) is 6.62. The number of ether oxygens (including phenoxy) is 1. The molecule has 10 heteroatoms. The van der Waals surface area contributed by atoms with Crippen LogP contribution in [-0.2, 0) is 11.5 Å². The molecule has 1 aromatic carbocycles. The van der Waals surface area contributed by atoms with Gasteiger partial charge in [-0.3, -0.25) is 4.79 Å². The molecular weight excluding hydrogens is 468 g/mol. The summed E-state index contributed by atoms with van der Waals surface area (Å²) in [7, 11) is -1.20. The van der Waals surface area contributed by atoms with E-state index in [0.29, 0.717) is 40.9 Å². The number of aromatic nitrogens is 5. The van der Waals surface area contributed by atoms with E-state index in [4.69, 9.17) is 21.3 Å². The molecule has 8 nitrogen and oxygen atoms in total. The van der Waals surface area contributed by atoms with Crippen LogP contribution in [0.5, 0.6) is 0 Å². The maximum absolute atomic E-state index is 13.1. The number of rotatable bonds is 7. The van der Waals surface area contributed by atoms with E-state index < -0.39 is 8.07 Å². The maximum atomic E-state index is 13.1. The van der Waals surface area contributed by atoms with Gasteiger partial charge in [0.2, 0.25) is 0 Å². The van der Waals surface area contributed by atoms with E-state index in [9.17, 15) is 4.79 Å². The third-order valence-electron chi connectivity index (χ3n) is 5.26. The van der Waals surface area contributed by atoms with Gasteiger partial charge >= 0.3 is 0 Å². The third kappa shape index (κ3) is 5.48. The quantitative estimate of drug-likeness (QED) is 0.277. The lowest BCUT2D eigenvalue weighted by atomic mass is 10.1. The molecule has 0 aliphatic carbocycles. The molecule has 0 saturated heterocycles. The number of benzene rings is 1. The van der Waals surface area contributed by atoms with Crippen molar-refractivity contribution >= 4 is 47.6 Å². The molecule has 0 atom stereocenters. The second-order valence-electron chi connectivity index (χ2n) is 10.7. The van der Waals surface area contributed by atoms with Crippen LogP contribution in [0.15, 0.2) is 36.8 Å². The van der Waals surface area contributed by atoms with Crippen LogP contribution >= 0.6 is 11.6 Å².